The van der Waals surface area contributed by atoms with Crippen molar-refractivity contribution >= 4 is 11.7 Å². The average molecular weight is 264 g/mol. The van der Waals surface area contributed by atoms with Crippen molar-refractivity contribution in [1.29, 1.82) is 0 Å². The third-order valence-electron chi connectivity index (χ3n) is 2.63. The van der Waals surface area contributed by atoms with Crippen molar-refractivity contribution in [3.63, 3.8) is 0 Å². The van der Waals surface area contributed by atoms with Gasteiger partial charge >= 0.3 is 0 Å². The fraction of sp³-hybridized carbons (Fsp3) is 0.176. The zero-order chi connectivity index (χ0) is 14.2. The Morgan fingerprint density at radius 3 is 2.50 bits per heavy atom. The van der Waals surface area contributed by atoms with E-state index >= 15 is 0 Å². The van der Waals surface area contributed by atoms with Crippen molar-refractivity contribution in [2.75, 3.05) is 5.32 Å². The second-order valence-electron chi connectivity index (χ2n) is 4.35. The first-order valence-corrected chi connectivity index (χ1v) is 6.61. The van der Waals surface area contributed by atoms with Gasteiger partial charge in [-0.1, -0.05) is 37.0 Å². The fourth-order valence-electron chi connectivity index (χ4n) is 1.64. The van der Waals surface area contributed by atoms with Gasteiger partial charge in [0.25, 0.3) is 0 Å². The number of hydrogen-bond acceptors (Lipinski definition) is 2. The van der Waals surface area contributed by atoms with E-state index in [0.29, 0.717) is 12.2 Å². The van der Waals surface area contributed by atoms with Crippen molar-refractivity contribution in [2.45, 2.75) is 19.8 Å². The lowest BCUT2D eigenvalue weighted by Gasteiger charge is -2.02. The summed E-state index contributed by atoms with van der Waals surface area (Å²) in [6, 6.07) is 13.4. The summed E-state index contributed by atoms with van der Waals surface area (Å²) < 4.78 is 0. The van der Waals surface area contributed by atoms with Crippen LogP contribution in [0.4, 0.5) is 5.82 Å². The van der Waals surface area contributed by atoms with Gasteiger partial charge in [0.1, 0.15) is 5.82 Å². The van der Waals surface area contributed by atoms with Gasteiger partial charge in [-0.05, 0) is 30.7 Å². The van der Waals surface area contributed by atoms with Gasteiger partial charge < -0.3 is 5.32 Å². The Kier molecular flexibility index (Phi) is 4.91. The highest BCUT2D eigenvalue weighted by Crippen LogP contribution is 2.05. The number of aromatic nitrogens is 1. The van der Waals surface area contributed by atoms with Crippen LogP contribution in [0.2, 0.25) is 0 Å². The molecule has 3 nitrogen and oxygen atoms in total. The van der Waals surface area contributed by atoms with Gasteiger partial charge in [0.2, 0.25) is 5.91 Å². The highest BCUT2D eigenvalue weighted by atomic mass is 16.1. The molecule has 3 heteroatoms. The average Bonchev–Trinajstić information content (AvgIpc) is 2.48. The minimum Gasteiger partial charge on any atom is -0.311 e. The second kappa shape index (κ2) is 7.10. The molecule has 0 aliphatic carbocycles. The molecule has 1 heterocycles. The molecule has 1 aromatic heterocycles. The molecule has 0 saturated heterocycles. The van der Waals surface area contributed by atoms with E-state index in [0.717, 1.165) is 17.5 Å². The van der Waals surface area contributed by atoms with Gasteiger partial charge in [0.05, 0.1) is 0 Å². The molecule has 0 aliphatic heterocycles. The topological polar surface area (TPSA) is 42.0 Å². The van der Waals surface area contributed by atoms with Crippen molar-refractivity contribution in [3.05, 3.63) is 59.8 Å². The maximum absolute atomic E-state index is 11.4. The molecule has 0 radical (unpaired) electrons. The summed E-state index contributed by atoms with van der Waals surface area (Å²) in [4.78, 5) is 15.6. The van der Waals surface area contributed by atoms with Crippen LogP contribution in [0, 0.1) is 11.8 Å². The summed E-state index contributed by atoms with van der Waals surface area (Å²) in [5, 5.41) is 2.75. The van der Waals surface area contributed by atoms with E-state index in [1.54, 1.807) is 12.3 Å². The normalized spacial score (nSPS) is 9.45. The lowest BCUT2D eigenvalue weighted by molar-refractivity contribution is -0.116. The Bertz CT molecular complexity index is 622. The lowest BCUT2D eigenvalue weighted by Crippen LogP contribution is -2.11. The maximum atomic E-state index is 11.4. The van der Waals surface area contributed by atoms with Crippen LogP contribution in [-0.4, -0.2) is 10.9 Å². The number of anilines is 1. The first-order chi connectivity index (χ1) is 9.78. The van der Waals surface area contributed by atoms with E-state index in [-0.39, 0.29) is 5.91 Å². The van der Waals surface area contributed by atoms with Crippen LogP contribution in [-0.2, 0) is 4.79 Å². The molecule has 0 spiro atoms. The van der Waals surface area contributed by atoms with E-state index in [9.17, 15) is 4.79 Å². The first-order valence-electron chi connectivity index (χ1n) is 6.61. The molecule has 1 aromatic carbocycles. The van der Waals surface area contributed by atoms with Gasteiger partial charge in [-0.2, -0.15) is 0 Å². The zero-order valence-electron chi connectivity index (χ0n) is 11.4. The molecule has 0 fully saturated rings. The zero-order valence-corrected chi connectivity index (χ0v) is 11.4. The van der Waals surface area contributed by atoms with Gasteiger partial charge in [-0.3, -0.25) is 4.79 Å². The number of nitrogens with zero attached hydrogens (tertiary/aromatic N) is 1. The van der Waals surface area contributed by atoms with Crippen molar-refractivity contribution < 1.29 is 4.79 Å². The fourth-order valence-corrected chi connectivity index (χ4v) is 1.64. The number of carbonyl (C=O) groups excluding carboxylic acids is 1. The van der Waals surface area contributed by atoms with Crippen molar-refractivity contribution in [1.82, 2.24) is 4.98 Å². The van der Waals surface area contributed by atoms with Crippen molar-refractivity contribution in [3.8, 4) is 11.8 Å². The van der Waals surface area contributed by atoms with E-state index < -0.39 is 0 Å². The Balaban J connectivity index is 2.02. The molecular weight excluding hydrogens is 248 g/mol. The maximum Gasteiger partial charge on any atom is 0.225 e. The SMILES string of the molecule is CCCC(=O)Nc1ccc(C#Cc2ccccc2)cn1. The molecular formula is C17H16N2O. The summed E-state index contributed by atoms with van der Waals surface area (Å²) >= 11 is 0. The quantitative estimate of drug-likeness (QED) is 0.865. The highest BCUT2D eigenvalue weighted by molar-refractivity contribution is 5.89. The van der Waals surface area contributed by atoms with Crippen LogP contribution >= 0.6 is 0 Å². The number of amides is 1. The van der Waals surface area contributed by atoms with Crippen LogP contribution in [0.1, 0.15) is 30.9 Å². The number of rotatable bonds is 3. The Hall–Kier alpha value is -2.60. The molecule has 0 atom stereocenters. The van der Waals surface area contributed by atoms with Gasteiger partial charge in [-0.15, -0.1) is 0 Å². The lowest BCUT2D eigenvalue weighted by atomic mass is 10.2. The predicted octanol–water partition coefficient (Wildman–Crippen LogP) is 3.22. The Labute approximate surface area is 119 Å². The Morgan fingerprint density at radius 1 is 1.10 bits per heavy atom. The van der Waals surface area contributed by atoms with Gasteiger partial charge in [0, 0.05) is 23.7 Å². The van der Waals surface area contributed by atoms with E-state index in [2.05, 4.69) is 22.1 Å². The third-order valence-corrected chi connectivity index (χ3v) is 2.63. The minimum absolute atomic E-state index is 0.0110. The molecule has 0 saturated carbocycles. The molecule has 1 amide bonds. The molecule has 100 valence electrons. The van der Waals surface area contributed by atoms with E-state index in [1.807, 2.05) is 43.3 Å². The number of carbonyl (C=O) groups is 1. The minimum atomic E-state index is -0.0110. The number of benzene rings is 1. The first kappa shape index (κ1) is 13.8. The van der Waals surface area contributed by atoms with Gasteiger partial charge in [-0.25, -0.2) is 4.98 Å². The van der Waals surface area contributed by atoms with Crippen LogP contribution in [0.15, 0.2) is 48.7 Å². The van der Waals surface area contributed by atoms with Crippen LogP contribution in [0.3, 0.4) is 0 Å². The molecule has 2 aromatic rings. The van der Waals surface area contributed by atoms with Crippen LogP contribution in [0.25, 0.3) is 0 Å². The van der Waals surface area contributed by atoms with Crippen LogP contribution in [0.5, 0.6) is 0 Å². The standard InChI is InChI=1S/C17H16N2O/c1-2-6-17(20)19-16-12-11-15(13-18-16)10-9-14-7-4-3-5-8-14/h3-5,7-8,11-13H,2,6H2,1H3,(H,18,19,20). The molecule has 0 aliphatic rings. The monoisotopic (exact) mass is 264 g/mol. The molecule has 2 rings (SSSR count). The third kappa shape index (κ3) is 4.25. The molecule has 20 heavy (non-hydrogen) atoms. The summed E-state index contributed by atoms with van der Waals surface area (Å²) in [6.07, 6.45) is 3.00. The van der Waals surface area contributed by atoms with Crippen molar-refractivity contribution in [2.24, 2.45) is 0 Å². The number of pyridine rings is 1. The largest absolute Gasteiger partial charge is 0.311 e. The van der Waals surface area contributed by atoms with E-state index in [1.165, 1.54) is 0 Å². The van der Waals surface area contributed by atoms with Gasteiger partial charge in [0.15, 0.2) is 0 Å². The summed E-state index contributed by atoms with van der Waals surface area (Å²) in [5.74, 6) is 6.66. The van der Waals surface area contributed by atoms with Crippen LogP contribution < -0.4 is 5.32 Å². The second-order valence-corrected chi connectivity index (χ2v) is 4.35. The predicted molar refractivity (Wildman–Crippen MR) is 80.2 cm³/mol. The highest BCUT2D eigenvalue weighted by Gasteiger charge is 2.00. The summed E-state index contributed by atoms with van der Waals surface area (Å²) in [7, 11) is 0. The Morgan fingerprint density at radius 2 is 1.85 bits per heavy atom. The molecule has 0 bridgehead atoms. The summed E-state index contributed by atoms with van der Waals surface area (Å²) in [5.41, 5.74) is 1.79. The number of nitrogens with one attached hydrogen (secondary N) is 1. The summed E-state index contributed by atoms with van der Waals surface area (Å²) in [6.45, 7) is 1.97. The molecule has 1 N–H and O–H groups in total. The number of hydrogen-bond donors (Lipinski definition) is 1. The molecule has 0 unspecified atom stereocenters. The van der Waals surface area contributed by atoms with E-state index in [4.69, 9.17) is 0 Å². The smallest absolute Gasteiger partial charge is 0.225 e.